The van der Waals surface area contributed by atoms with Gasteiger partial charge >= 0.3 is 0 Å². The van der Waals surface area contributed by atoms with Gasteiger partial charge in [0.1, 0.15) is 11.3 Å². The van der Waals surface area contributed by atoms with Crippen LogP contribution in [-0.2, 0) is 6.42 Å². The van der Waals surface area contributed by atoms with Gasteiger partial charge in [0.25, 0.3) is 0 Å². The molecule has 2 heterocycles. The van der Waals surface area contributed by atoms with Gasteiger partial charge in [-0.2, -0.15) is 0 Å². The van der Waals surface area contributed by atoms with Crippen molar-refractivity contribution in [3.05, 3.63) is 36.1 Å². The number of aliphatic imine (C=N–C) groups is 1. The van der Waals surface area contributed by atoms with Crippen molar-refractivity contribution in [2.75, 3.05) is 19.6 Å². The third kappa shape index (κ3) is 4.12. The molecule has 114 valence electrons. The molecule has 1 fully saturated rings. The smallest absolute Gasteiger partial charge is 0.191 e. The van der Waals surface area contributed by atoms with Gasteiger partial charge in [0.2, 0.25) is 0 Å². The molecule has 0 aliphatic carbocycles. The monoisotopic (exact) mass is 399 g/mol. The molecular formula is C16H22IN3O. The van der Waals surface area contributed by atoms with Crippen molar-refractivity contribution >= 4 is 40.9 Å². The Morgan fingerprint density at radius 1 is 1.19 bits per heavy atom. The summed E-state index contributed by atoms with van der Waals surface area (Å²) in [4.78, 5) is 6.66. The minimum Gasteiger partial charge on any atom is -0.461 e. The molecule has 0 bridgehead atoms. The molecule has 0 amide bonds. The quantitative estimate of drug-likeness (QED) is 0.489. The molecule has 5 heteroatoms. The van der Waals surface area contributed by atoms with Gasteiger partial charge in [0, 0.05) is 31.4 Å². The largest absolute Gasteiger partial charge is 0.461 e. The van der Waals surface area contributed by atoms with Crippen LogP contribution in [0.15, 0.2) is 39.7 Å². The zero-order valence-electron chi connectivity index (χ0n) is 12.1. The number of halogens is 1. The number of nitrogens with zero attached hydrogens (tertiary/aromatic N) is 2. The fraction of sp³-hybridized carbons (Fsp3) is 0.438. The molecule has 1 aliphatic rings. The summed E-state index contributed by atoms with van der Waals surface area (Å²) in [7, 11) is 0. The predicted molar refractivity (Wildman–Crippen MR) is 97.2 cm³/mol. The number of fused-ring (bicyclic) bond motifs is 1. The van der Waals surface area contributed by atoms with Gasteiger partial charge in [-0.15, -0.1) is 24.0 Å². The van der Waals surface area contributed by atoms with E-state index in [1.807, 2.05) is 18.2 Å². The number of piperidine rings is 1. The Hall–Kier alpha value is -1.24. The van der Waals surface area contributed by atoms with E-state index < -0.39 is 0 Å². The number of hydrogen-bond acceptors (Lipinski definition) is 2. The highest BCUT2D eigenvalue weighted by Crippen LogP contribution is 2.19. The fourth-order valence-corrected chi connectivity index (χ4v) is 2.66. The van der Waals surface area contributed by atoms with Gasteiger partial charge in [-0.1, -0.05) is 18.2 Å². The summed E-state index contributed by atoms with van der Waals surface area (Å²) < 4.78 is 5.77. The third-order valence-electron chi connectivity index (χ3n) is 3.79. The maximum atomic E-state index is 6.03. The van der Waals surface area contributed by atoms with Crippen molar-refractivity contribution in [3.63, 3.8) is 0 Å². The number of hydrogen-bond donors (Lipinski definition) is 1. The van der Waals surface area contributed by atoms with E-state index in [1.165, 1.54) is 19.3 Å². The Kier molecular flexibility index (Phi) is 5.90. The summed E-state index contributed by atoms with van der Waals surface area (Å²) in [6, 6.07) is 10.1. The van der Waals surface area contributed by atoms with E-state index in [-0.39, 0.29) is 24.0 Å². The Morgan fingerprint density at radius 3 is 2.71 bits per heavy atom. The van der Waals surface area contributed by atoms with Gasteiger partial charge in [0.15, 0.2) is 5.96 Å². The second-order valence-corrected chi connectivity index (χ2v) is 5.29. The normalized spacial score (nSPS) is 16.0. The van der Waals surface area contributed by atoms with Gasteiger partial charge in [-0.05, 0) is 31.4 Å². The minimum absolute atomic E-state index is 0. The van der Waals surface area contributed by atoms with E-state index in [0.29, 0.717) is 12.5 Å². The number of nitrogens with two attached hydrogens (primary N) is 1. The number of rotatable bonds is 3. The highest BCUT2D eigenvalue weighted by Gasteiger charge is 2.11. The molecule has 0 spiro atoms. The molecule has 2 aromatic rings. The van der Waals surface area contributed by atoms with Crippen LogP contribution in [0.1, 0.15) is 25.0 Å². The molecule has 0 unspecified atom stereocenters. The molecule has 1 aromatic carbocycles. The fourth-order valence-electron chi connectivity index (χ4n) is 2.66. The van der Waals surface area contributed by atoms with Crippen molar-refractivity contribution in [1.82, 2.24) is 4.90 Å². The molecule has 1 saturated heterocycles. The molecule has 0 saturated carbocycles. The van der Waals surface area contributed by atoms with Crippen molar-refractivity contribution in [2.45, 2.75) is 25.7 Å². The van der Waals surface area contributed by atoms with Gasteiger partial charge in [-0.3, -0.25) is 4.99 Å². The molecule has 1 aliphatic heterocycles. The standard InChI is InChI=1S/C16H21N3O.HI/c17-16(19-10-4-1-5-11-19)18-9-8-14-12-13-6-2-3-7-15(13)20-14;/h2-3,6-7,12H,1,4-5,8-11H2,(H2,17,18);1H. The molecule has 1 aromatic heterocycles. The average molecular weight is 399 g/mol. The van der Waals surface area contributed by atoms with Crippen LogP contribution in [0.5, 0.6) is 0 Å². The number of para-hydroxylation sites is 1. The maximum Gasteiger partial charge on any atom is 0.191 e. The lowest BCUT2D eigenvalue weighted by atomic mass is 10.1. The Bertz CT molecular complexity index is 569. The first-order valence-electron chi connectivity index (χ1n) is 7.35. The van der Waals surface area contributed by atoms with Crippen LogP contribution in [0, 0.1) is 0 Å². The van der Waals surface area contributed by atoms with E-state index in [2.05, 4.69) is 22.0 Å². The molecular weight excluding hydrogens is 377 g/mol. The number of furan rings is 1. The Morgan fingerprint density at radius 2 is 1.95 bits per heavy atom. The first kappa shape index (κ1) is 16.1. The van der Waals surface area contributed by atoms with Gasteiger partial charge in [0.05, 0.1) is 0 Å². The van der Waals surface area contributed by atoms with Crippen molar-refractivity contribution < 1.29 is 4.42 Å². The van der Waals surface area contributed by atoms with Crippen LogP contribution in [0.3, 0.4) is 0 Å². The van der Waals surface area contributed by atoms with Crippen LogP contribution in [0.4, 0.5) is 0 Å². The predicted octanol–water partition coefficient (Wildman–Crippen LogP) is 3.39. The second kappa shape index (κ2) is 7.68. The van der Waals surface area contributed by atoms with E-state index in [4.69, 9.17) is 10.2 Å². The third-order valence-corrected chi connectivity index (χ3v) is 3.79. The molecule has 0 radical (unpaired) electrons. The van der Waals surface area contributed by atoms with Gasteiger partial charge < -0.3 is 15.1 Å². The van der Waals surface area contributed by atoms with Crippen LogP contribution >= 0.6 is 24.0 Å². The lowest BCUT2D eigenvalue weighted by molar-refractivity contribution is 0.338. The van der Waals surface area contributed by atoms with Gasteiger partial charge in [-0.25, -0.2) is 0 Å². The van der Waals surface area contributed by atoms with Crippen molar-refractivity contribution in [3.8, 4) is 0 Å². The number of benzene rings is 1. The van der Waals surface area contributed by atoms with Crippen molar-refractivity contribution in [1.29, 1.82) is 0 Å². The average Bonchev–Trinajstić information content (AvgIpc) is 2.90. The Balaban J connectivity index is 0.00000161. The zero-order chi connectivity index (χ0) is 13.8. The first-order chi connectivity index (χ1) is 9.83. The summed E-state index contributed by atoms with van der Waals surface area (Å²) in [6.07, 6.45) is 4.55. The Labute approximate surface area is 142 Å². The minimum atomic E-state index is 0. The summed E-state index contributed by atoms with van der Waals surface area (Å²) in [6.45, 7) is 2.77. The second-order valence-electron chi connectivity index (χ2n) is 5.29. The number of likely N-dealkylation sites (tertiary alicyclic amines) is 1. The van der Waals surface area contributed by atoms with E-state index in [0.717, 1.165) is 36.2 Å². The van der Waals surface area contributed by atoms with Crippen molar-refractivity contribution in [2.24, 2.45) is 10.7 Å². The summed E-state index contributed by atoms with van der Waals surface area (Å²) >= 11 is 0. The lowest BCUT2D eigenvalue weighted by Crippen LogP contribution is -2.41. The summed E-state index contributed by atoms with van der Waals surface area (Å²) in [5, 5.41) is 1.15. The highest BCUT2D eigenvalue weighted by atomic mass is 127. The van der Waals surface area contributed by atoms with E-state index in [1.54, 1.807) is 0 Å². The maximum absolute atomic E-state index is 6.03. The molecule has 4 nitrogen and oxygen atoms in total. The highest BCUT2D eigenvalue weighted by molar-refractivity contribution is 14.0. The van der Waals surface area contributed by atoms with Crippen LogP contribution < -0.4 is 5.73 Å². The van der Waals surface area contributed by atoms with E-state index in [9.17, 15) is 0 Å². The number of guanidine groups is 1. The molecule has 0 atom stereocenters. The molecule has 21 heavy (non-hydrogen) atoms. The lowest BCUT2D eigenvalue weighted by Gasteiger charge is -2.27. The van der Waals surface area contributed by atoms with Crippen LogP contribution in [0.2, 0.25) is 0 Å². The SMILES string of the molecule is I.NC(=NCCc1cc2ccccc2o1)N1CCCCC1. The topological polar surface area (TPSA) is 54.8 Å². The summed E-state index contributed by atoms with van der Waals surface area (Å²) in [5.41, 5.74) is 6.97. The van der Waals surface area contributed by atoms with Crippen LogP contribution in [-0.4, -0.2) is 30.5 Å². The van der Waals surface area contributed by atoms with E-state index >= 15 is 0 Å². The summed E-state index contributed by atoms with van der Waals surface area (Å²) in [5.74, 6) is 1.65. The molecule has 2 N–H and O–H groups in total. The molecule has 3 rings (SSSR count). The first-order valence-corrected chi connectivity index (χ1v) is 7.35. The zero-order valence-corrected chi connectivity index (χ0v) is 14.5. The van der Waals surface area contributed by atoms with Crippen LogP contribution in [0.25, 0.3) is 11.0 Å².